The van der Waals surface area contributed by atoms with Crippen LogP contribution in [0.4, 0.5) is 5.13 Å². The van der Waals surface area contributed by atoms with E-state index in [1.54, 1.807) is 11.3 Å². The Morgan fingerprint density at radius 2 is 1.88 bits per heavy atom. The van der Waals surface area contributed by atoms with Gasteiger partial charge in [-0.25, -0.2) is 4.98 Å². The van der Waals surface area contributed by atoms with Gasteiger partial charge < -0.3 is 19.4 Å². The van der Waals surface area contributed by atoms with Crippen LogP contribution in [0.2, 0.25) is 0 Å². The van der Waals surface area contributed by atoms with Crippen LogP contribution >= 0.6 is 11.3 Å². The normalized spacial score (nSPS) is 19.5. The van der Waals surface area contributed by atoms with Gasteiger partial charge >= 0.3 is 0 Å². The molecule has 2 aliphatic heterocycles. The Bertz CT molecular complexity index is 904. The van der Waals surface area contributed by atoms with Gasteiger partial charge in [-0.05, 0) is 38.3 Å². The van der Waals surface area contributed by atoms with E-state index in [0.717, 1.165) is 62.0 Å². The Kier molecular flexibility index (Phi) is 7.63. The number of anilines is 1. The second-order valence-electron chi connectivity index (χ2n) is 8.53. The summed E-state index contributed by atoms with van der Waals surface area (Å²) in [4.78, 5) is 36.7. The maximum atomic E-state index is 13.3. The highest BCUT2D eigenvalue weighted by molar-refractivity contribution is 7.13. The number of nitrogens with zero attached hydrogens (tertiary/aromatic N) is 4. The van der Waals surface area contributed by atoms with E-state index in [0.29, 0.717) is 26.1 Å². The lowest BCUT2D eigenvalue weighted by Crippen LogP contribution is -2.47. The number of benzene rings is 1. The number of aryl methyl sites for hydroxylation is 1. The number of rotatable bonds is 6. The number of aromatic nitrogens is 1. The van der Waals surface area contributed by atoms with Crippen molar-refractivity contribution in [1.82, 2.24) is 14.8 Å². The summed E-state index contributed by atoms with van der Waals surface area (Å²) < 4.78 is 5.67. The van der Waals surface area contributed by atoms with Gasteiger partial charge in [-0.3, -0.25) is 9.59 Å². The summed E-state index contributed by atoms with van der Waals surface area (Å²) in [5.74, 6) is 0.936. The fraction of sp³-hybridized carbons (Fsp3) is 0.542. The van der Waals surface area contributed by atoms with Crippen LogP contribution in [-0.4, -0.2) is 72.5 Å². The predicted molar refractivity (Wildman–Crippen MR) is 126 cm³/mol. The van der Waals surface area contributed by atoms with Crippen LogP contribution in [0.3, 0.4) is 0 Å². The highest BCUT2D eigenvalue weighted by Crippen LogP contribution is 2.24. The predicted octanol–water partition coefficient (Wildman–Crippen LogP) is 3.20. The molecule has 8 heteroatoms. The second kappa shape index (κ2) is 10.8. The molecule has 3 heterocycles. The Morgan fingerprint density at radius 1 is 1.06 bits per heavy atom. The Morgan fingerprint density at radius 3 is 2.66 bits per heavy atom. The molecule has 32 heavy (non-hydrogen) atoms. The smallest absolute Gasteiger partial charge is 0.227 e. The van der Waals surface area contributed by atoms with Crippen molar-refractivity contribution < 1.29 is 14.3 Å². The molecule has 0 spiro atoms. The molecule has 2 saturated heterocycles. The number of para-hydroxylation sites is 1. The number of thiazole rings is 1. The number of likely N-dealkylation sites (tertiary alicyclic amines) is 1. The van der Waals surface area contributed by atoms with Crippen LogP contribution in [0.1, 0.15) is 31.4 Å². The summed E-state index contributed by atoms with van der Waals surface area (Å²) in [7, 11) is 0. The van der Waals surface area contributed by atoms with Crippen molar-refractivity contribution >= 4 is 28.3 Å². The maximum absolute atomic E-state index is 13.3. The number of carbonyl (C=O) groups is 2. The van der Waals surface area contributed by atoms with Crippen LogP contribution in [-0.2, 0) is 9.59 Å². The summed E-state index contributed by atoms with van der Waals surface area (Å²) in [5, 5.41) is 3.12. The average molecular weight is 457 g/mol. The zero-order valence-corrected chi connectivity index (χ0v) is 19.6. The third-order valence-corrected chi connectivity index (χ3v) is 7.16. The van der Waals surface area contributed by atoms with Crippen LogP contribution in [0, 0.1) is 12.8 Å². The molecule has 0 N–H and O–H groups in total. The minimum absolute atomic E-state index is 0.0691. The molecular weight excluding hydrogens is 424 g/mol. The highest BCUT2D eigenvalue weighted by Gasteiger charge is 2.32. The fourth-order valence-corrected chi connectivity index (χ4v) is 5.27. The zero-order valence-electron chi connectivity index (χ0n) is 18.7. The van der Waals surface area contributed by atoms with E-state index >= 15 is 0 Å². The molecule has 0 bridgehead atoms. The second-order valence-corrected chi connectivity index (χ2v) is 9.36. The van der Waals surface area contributed by atoms with E-state index in [9.17, 15) is 9.59 Å². The third-order valence-electron chi connectivity index (χ3n) is 6.14. The van der Waals surface area contributed by atoms with Gasteiger partial charge in [0.05, 0.1) is 24.6 Å². The minimum atomic E-state index is -0.101. The number of hydrogen-bond donors (Lipinski definition) is 0. The molecule has 2 aliphatic rings. The summed E-state index contributed by atoms with van der Waals surface area (Å²) >= 11 is 1.67. The Labute approximate surface area is 194 Å². The first-order chi connectivity index (χ1) is 15.6. The summed E-state index contributed by atoms with van der Waals surface area (Å²) in [6.45, 7) is 6.84. The summed E-state index contributed by atoms with van der Waals surface area (Å²) in [6, 6.07) is 9.54. The maximum Gasteiger partial charge on any atom is 0.227 e. The number of hydrogen-bond acceptors (Lipinski definition) is 6. The lowest BCUT2D eigenvalue weighted by atomic mass is 9.96. The first-order valence-electron chi connectivity index (χ1n) is 11.5. The lowest BCUT2D eigenvalue weighted by Gasteiger charge is -2.35. The van der Waals surface area contributed by atoms with Crippen LogP contribution < -0.4 is 9.64 Å². The SMILES string of the molecule is Cc1csc(N2CCCN(C(=O)C3CCCN(C(=O)CCOc4ccccc4)C3)CC2)n1. The molecule has 0 aliphatic carbocycles. The van der Waals surface area contributed by atoms with Crippen molar-refractivity contribution in [3.63, 3.8) is 0 Å². The van der Waals surface area contributed by atoms with Gasteiger partial charge in [0.2, 0.25) is 11.8 Å². The third kappa shape index (κ3) is 5.79. The van der Waals surface area contributed by atoms with Gasteiger partial charge in [0.25, 0.3) is 0 Å². The number of carbonyl (C=O) groups excluding carboxylic acids is 2. The molecule has 1 aromatic heterocycles. The Hall–Kier alpha value is -2.61. The lowest BCUT2D eigenvalue weighted by molar-refractivity contribution is -0.141. The number of ether oxygens (including phenoxy) is 1. The molecule has 4 rings (SSSR count). The minimum Gasteiger partial charge on any atom is -0.493 e. The standard InChI is InChI=1S/C24H32N4O3S/c1-19-18-32-24(25-19)27-13-6-12-26(14-15-27)23(30)20-7-5-11-28(17-20)22(29)10-16-31-21-8-3-2-4-9-21/h2-4,8-9,18,20H,5-7,10-17H2,1H3. The molecule has 0 radical (unpaired) electrons. The Balaban J connectivity index is 1.26. The average Bonchev–Trinajstić information content (AvgIpc) is 3.11. The van der Waals surface area contributed by atoms with E-state index in [2.05, 4.69) is 15.3 Å². The largest absolute Gasteiger partial charge is 0.493 e. The molecule has 172 valence electrons. The van der Waals surface area contributed by atoms with Crippen LogP contribution in [0.25, 0.3) is 0 Å². The van der Waals surface area contributed by atoms with Crippen LogP contribution in [0.15, 0.2) is 35.7 Å². The van der Waals surface area contributed by atoms with Crippen molar-refractivity contribution in [2.45, 2.75) is 32.6 Å². The first kappa shape index (κ1) is 22.6. The molecular formula is C24H32N4O3S. The van der Waals surface area contributed by atoms with Gasteiger partial charge in [-0.1, -0.05) is 18.2 Å². The summed E-state index contributed by atoms with van der Waals surface area (Å²) in [5.41, 5.74) is 1.04. The van der Waals surface area contributed by atoms with Gasteiger partial charge in [-0.15, -0.1) is 11.3 Å². The molecule has 1 aromatic carbocycles. The fourth-order valence-electron chi connectivity index (χ4n) is 4.41. The quantitative estimate of drug-likeness (QED) is 0.668. The van der Waals surface area contributed by atoms with E-state index in [1.807, 2.05) is 47.1 Å². The number of piperidine rings is 1. The molecule has 2 aromatic rings. The molecule has 1 atom stereocenters. The van der Waals surface area contributed by atoms with E-state index in [1.165, 1.54) is 0 Å². The van der Waals surface area contributed by atoms with Gasteiger partial charge in [0.15, 0.2) is 5.13 Å². The van der Waals surface area contributed by atoms with E-state index in [-0.39, 0.29) is 17.7 Å². The van der Waals surface area contributed by atoms with E-state index < -0.39 is 0 Å². The topological polar surface area (TPSA) is 66.0 Å². The molecule has 7 nitrogen and oxygen atoms in total. The molecule has 2 fully saturated rings. The zero-order chi connectivity index (χ0) is 22.3. The molecule has 0 saturated carbocycles. The first-order valence-corrected chi connectivity index (χ1v) is 12.4. The monoisotopic (exact) mass is 456 g/mol. The van der Waals surface area contributed by atoms with Crippen molar-refractivity contribution in [2.75, 3.05) is 50.8 Å². The van der Waals surface area contributed by atoms with Gasteiger partial charge in [-0.2, -0.15) is 0 Å². The highest BCUT2D eigenvalue weighted by atomic mass is 32.1. The van der Waals surface area contributed by atoms with Gasteiger partial charge in [0.1, 0.15) is 5.75 Å². The van der Waals surface area contributed by atoms with E-state index in [4.69, 9.17) is 4.74 Å². The molecule has 1 unspecified atom stereocenters. The summed E-state index contributed by atoms with van der Waals surface area (Å²) in [6.07, 6.45) is 3.01. The van der Waals surface area contributed by atoms with Crippen LogP contribution in [0.5, 0.6) is 5.75 Å². The number of amides is 2. The van der Waals surface area contributed by atoms with Gasteiger partial charge in [0, 0.05) is 44.6 Å². The van der Waals surface area contributed by atoms with Crippen molar-refractivity contribution in [3.8, 4) is 5.75 Å². The van der Waals surface area contributed by atoms with Crippen molar-refractivity contribution in [1.29, 1.82) is 0 Å². The molecule has 2 amide bonds. The van der Waals surface area contributed by atoms with Crippen molar-refractivity contribution in [2.24, 2.45) is 5.92 Å². The van der Waals surface area contributed by atoms with Crippen molar-refractivity contribution in [3.05, 3.63) is 41.4 Å².